The number of nitrogens with zero attached hydrogens (tertiary/aromatic N) is 5. The SMILES string of the molecule is Cc1nn(Cc2ccccc2)c(C)c1[C@H]1COCCN1C(=O)c1cnn(C)c1C. The standard InChI is InChI=1S/C22H27N5O2/c1-15-21(17(3)27(24-15)13-18-8-6-5-7-9-18)20-14-29-11-10-26(20)22(28)19-12-23-25(4)16(19)2/h5-9,12,20H,10-11,13-14H2,1-4H3/t20-/m1/s1. The first-order valence-corrected chi connectivity index (χ1v) is 9.92. The highest BCUT2D eigenvalue weighted by atomic mass is 16.5. The zero-order valence-corrected chi connectivity index (χ0v) is 17.4. The maximum Gasteiger partial charge on any atom is 0.257 e. The van der Waals surface area contributed by atoms with E-state index in [4.69, 9.17) is 9.84 Å². The van der Waals surface area contributed by atoms with E-state index >= 15 is 0 Å². The molecule has 3 heterocycles. The Morgan fingerprint density at radius 3 is 2.62 bits per heavy atom. The molecule has 1 atom stereocenters. The average molecular weight is 393 g/mol. The summed E-state index contributed by atoms with van der Waals surface area (Å²) in [6, 6.07) is 10.1. The van der Waals surface area contributed by atoms with Crippen molar-refractivity contribution in [1.29, 1.82) is 0 Å². The zero-order chi connectivity index (χ0) is 20.5. The Bertz CT molecular complexity index is 1020. The molecule has 1 aliphatic rings. The number of morpholine rings is 1. The molecule has 7 heteroatoms. The minimum absolute atomic E-state index is 0.00138. The third-order valence-corrected chi connectivity index (χ3v) is 5.80. The van der Waals surface area contributed by atoms with Crippen molar-refractivity contribution >= 4 is 5.91 Å². The molecule has 1 fully saturated rings. The Kier molecular flexibility index (Phi) is 5.24. The lowest BCUT2D eigenvalue weighted by Gasteiger charge is -2.36. The number of rotatable bonds is 4. The Morgan fingerprint density at radius 1 is 1.17 bits per heavy atom. The van der Waals surface area contributed by atoms with Crippen molar-refractivity contribution in [2.24, 2.45) is 7.05 Å². The fraction of sp³-hybridized carbons (Fsp3) is 0.409. The fourth-order valence-electron chi connectivity index (χ4n) is 4.05. The Balaban J connectivity index is 1.67. The predicted octanol–water partition coefficient (Wildman–Crippen LogP) is 2.80. The second-order valence-electron chi connectivity index (χ2n) is 7.58. The van der Waals surface area contributed by atoms with Crippen LogP contribution in [0.15, 0.2) is 36.5 Å². The average Bonchev–Trinajstić information content (AvgIpc) is 3.20. The van der Waals surface area contributed by atoms with E-state index in [1.165, 1.54) is 5.56 Å². The number of carbonyl (C=O) groups excluding carboxylic acids is 1. The number of benzene rings is 1. The van der Waals surface area contributed by atoms with Gasteiger partial charge in [0.05, 0.1) is 43.3 Å². The minimum atomic E-state index is -0.152. The highest BCUT2D eigenvalue weighted by Crippen LogP contribution is 2.31. The lowest BCUT2D eigenvalue weighted by Crippen LogP contribution is -2.44. The largest absolute Gasteiger partial charge is 0.377 e. The van der Waals surface area contributed by atoms with E-state index in [2.05, 4.69) is 24.2 Å². The molecule has 0 spiro atoms. The van der Waals surface area contributed by atoms with Crippen LogP contribution in [0.5, 0.6) is 0 Å². The molecule has 0 saturated carbocycles. The number of ether oxygens (including phenoxy) is 1. The summed E-state index contributed by atoms with van der Waals surface area (Å²) in [6.07, 6.45) is 1.66. The van der Waals surface area contributed by atoms with Gasteiger partial charge in [-0.3, -0.25) is 14.2 Å². The maximum atomic E-state index is 13.3. The first kappa shape index (κ1) is 19.4. The van der Waals surface area contributed by atoms with Gasteiger partial charge in [0, 0.05) is 30.5 Å². The van der Waals surface area contributed by atoms with Gasteiger partial charge in [0.25, 0.3) is 5.91 Å². The summed E-state index contributed by atoms with van der Waals surface area (Å²) in [6.45, 7) is 8.28. The van der Waals surface area contributed by atoms with Gasteiger partial charge in [0.15, 0.2) is 0 Å². The monoisotopic (exact) mass is 393 g/mol. The molecule has 0 aliphatic carbocycles. The second-order valence-corrected chi connectivity index (χ2v) is 7.58. The van der Waals surface area contributed by atoms with Gasteiger partial charge in [-0.25, -0.2) is 0 Å². The van der Waals surface area contributed by atoms with Crippen LogP contribution >= 0.6 is 0 Å². The predicted molar refractivity (Wildman–Crippen MR) is 110 cm³/mol. The second kappa shape index (κ2) is 7.83. The van der Waals surface area contributed by atoms with Crippen LogP contribution in [0.1, 0.15) is 44.6 Å². The van der Waals surface area contributed by atoms with Crippen LogP contribution in [0.3, 0.4) is 0 Å². The van der Waals surface area contributed by atoms with Crippen LogP contribution in [0.25, 0.3) is 0 Å². The Hall–Kier alpha value is -2.93. The fourth-order valence-corrected chi connectivity index (χ4v) is 4.05. The van der Waals surface area contributed by atoms with Crippen molar-refractivity contribution in [3.05, 3.63) is 70.3 Å². The molecule has 7 nitrogen and oxygen atoms in total. The van der Waals surface area contributed by atoms with Gasteiger partial charge >= 0.3 is 0 Å². The zero-order valence-electron chi connectivity index (χ0n) is 17.4. The summed E-state index contributed by atoms with van der Waals surface area (Å²) >= 11 is 0. The van der Waals surface area contributed by atoms with Gasteiger partial charge in [-0.05, 0) is 26.3 Å². The number of hydrogen-bond acceptors (Lipinski definition) is 4. The quantitative estimate of drug-likeness (QED) is 0.684. The molecule has 3 aromatic rings. The number of aryl methyl sites for hydroxylation is 2. The van der Waals surface area contributed by atoms with E-state index < -0.39 is 0 Å². The van der Waals surface area contributed by atoms with Crippen LogP contribution in [-0.2, 0) is 18.3 Å². The molecule has 0 N–H and O–H groups in total. The number of carbonyl (C=O) groups is 1. The third-order valence-electron chi connectivity index (χ3n) is 5.80. The molecule has 29 heavy (non-hydrogen) atoms. The molecule has 2 aromatic heterocycles. The first-order valence-electron chi connectivity index (χ1n) is 9.92. The lowest BCUT2D eigenvalue weighted by molar-refractivity contribution is -0.00310. The third kappa shape index (κ3) is 3.58. The van der Waals surface area contributed by atoms with E-state index in [9.17, 15) is 4.79 Å². The highest BCUT2D eigenvalue weighted by Gasteiger charge is 2.34. The maximum absolute atomic E-state index is 13.3. The smallest absolute Gasteiger partial charge is 0.257 e. The molecule has 0 radical (unpaired) electrons. The molecule has 0 bridgehead atoms. The van der Waals surface area contributed by atoms with Crippen molar-refractivity contribution < 1.29 is 9.53 Å². The molecule has 1 aromatic carbocycles. The summed E-state index contributed by atoms with van der Waals surface area (Å²) in [5.41, 5.74) is 5.80. The first-order chi connectivity index (χ1) is 14.0. The molecular formula is C22H27N5O2. The summed E-state index contributed by atoms with van der Waals surface area (Å²) in [7, 11) is 1.85. The number of hydrogen-bond donors (Lipinski definition) is 0. The minimum Gasteiger partial charge on any atom is -0.377 e. The van der Waals surface area contributed by atoms with Crippen molar-refractivity contribution in [2.45, 2.75) is 33.4 Å². The summed E-state index contributed by atoms with van der Waals surface area (Å²) in [5, 5.41) is 9.01. The van der Waals surface area contributed by atoms with Gasteiger partial charge in [0.2, 0.25) is 0 Å². The van der Waals surface area contributed by atoms with Crippen LogP contribution in [0.2, 0.25) is 0 Å². The lowest BCUT2D eigenvalue weighted by atomic mass is 10.0. The van der Waals surface area contributed by atoms with E-state index in [1.807, 2.05) is 48.7 Å². The van der Waals surface area contributed by atoms with Crippen LogP contribution in [-0.4, -0.2) is 50.1 Å². The van der Waals surface area contributed by atoms with Gasteiger partial charge in [0.1, 0.15) is 0 Å². The summed E-state index contributed by atoms with van der Waals surface area (Å²) in [5.74, 6) is -0.00138. The molecule has 1 aliphatic heterocycles. The Labute approximate surface area is 170 Å². The van der Waals surface area contributed by atoms with Crippen LogP contribution in [0, 0.1) is 20.8 Å². The number of aromatic nitrogens is 4. The van der Waals surface area contributed by atoms with E-state index in [-0.39, 0.29) is 11.9 Å². The van der Waals surface area contributed by atoms with Crippen molar-refractivity contribution in [1.82, 2.24) is 24.5 Å². The molecule has 152 valence electrons. The van der Waals surface area contributed by atoms with Crippen molar-refractivity contribution in [3.63, 3.8) is 0 Å². The number of amides is 1. The summed E-state index contributed by atoms with van der Waals surface area (Å²) < 4.78 is 9.53. The summed E-state index contributed by atoms with van der Waals surface area (Å²) in [4.78, 5) is 15.2. The van der Waals surface area contributed by atoms with Gasteiger partial charge in [-0.2, -0.15) is 10.2 Å². The molecule has 1 saturated heterocycles. The highest BCUT2D eigenvalue weighted by molar-refractivity contribution is 5.95. The van der Waals surface area contributed by atoms with Gasteiger partial charge in [-0.15, -0.1) is 0 Å². The van der Waals surface area contributed by atoms with Crippen LogP contribution in [0.4, 0.5) is 0 Å². The van der Waals surface area contributed by atoms with Crippen molar-refractivity contribution in [2.75, 3.05) is 19.8 Å². The normalized spacial score (nSPS) is 17.0. The van der Waals surface area contributed by atoms with Crippen LogP contribution < -0.4 is 0 Å². The molecule has 0 unspecified atom stereocenters. The van der Waals surface area contributed by atoms with E-state index in [1.54, 1.807) is 10.9 Å². The molecular weight excluding hydrogens is 366 g/mol. The van der Waals surface area contributed by atoms with Gasteiger partial charge in [-0.1, -0.05) is 30.3 Å². The van der Waals surface area contributed by atoms with E-state index in [0.717, 1.165) is 22.6 Å². The van der Waals surface area contributed by atoms with Gasteiger partial charge < -0.3 is 9.64 Å². The Morgan fingerprint density at radius 2 is 1.93 bits per heavy atom. The van der Waals surface area contributed by atoms with E-state index in [0.29, 0.717) is 31.9 Å². The molecule has 1 amide bonds. The van der Waals surface area contributed by atoms with Crippen molar-refractivity contribution in [3.8, 4) is 0 Å². The topological polar surface area (TPSA) is 65.2 Å². The molecule has 4 rings (SSSR count).